The average Bonchev–Trinajstić information content (AvgIpc) is 2.53. The van der Waals surface area contributed by atoms with Gasteiger partial charge in [0.2, 0.25) is 0 Å². The second-order valence-corrected chi connectivity index (χ2v) is 4.32. The molecule has 0 aromatic carbocycles. The third-order valence-electron chi connectivity index (χ3n) is 1.58. The van der Waals surface area contributed by atoms with Crippen molar-refractivity contribution in [2.75, 3.05) is 0 Å². The van der Waals surface area contributed by atoms with Crippen LogP contribution in [-0.4, -0.2) is 9.97 Å². The molecule has 0 unspecified atom stereocenters. The quantitative estimate of drug-likeness (QED) is 0.824. The lowest BCUT2D eigenvalue weighted by Crippen LogP contribution is -1.89. The maximum atomic E-state index is 4.30. The number of hydrogen-bond acceptors (Lipinski definition) is 3. The van der Waals surface area contributed by atoms with Gasteiger partial charge in [-0.25, -0.2) is 4.98 Å². The Morgan fingerprint density at radius 1 is 1.38 bits per heavy atom. The summed E-state index contributed by atoms with van der Waals surface area (Å²) >= 11 is 4.97. The number of aromatic nitrogens is 2. The number of rotatable bonds is 2. The Balaban J connectivity index is 2.15. The lowest BCUT2D eigenvalue weighted by atomic mass is 10.3. The number of halogens is 1. The molecule has 2 aromatic heterocycles. The van der Waals surface area contributed by atoms with E-state index in [1.807, 2.05) is 23.6 Å². The van der Waals surface area contributed by atoms with Crippen LogP contribution >= 0.6 is 27.3 Å². The van der Waals surface area contributed by atoms with E-state index in [1.54, 1.807) is 17.5 Å². The molecule has 0 aliphatic carbocycles. The number of hydrogen-bond donors (Lipinski definition) is 0. The molecule has 4 heteroatoms. The Labute approximate surface area is 88.8 Å². The SMILES string of the molecule is Brc1csc(Cc2ccccn2)n1. The normalized spacial score (nSPS) is 10.2. The van der Waals surface area contributed by atoms with Crippen molar-refractivity contribution < 1.29 is 0 Å². The fraction of sp³-hybridized carbons (Fsp3) is 0.111. The highest BCUT2D eigenvalue weighted by Gasteiger charge is 2.00. The van der Waals surface area contributed by atoms with Gasteiger partial charge in [-0.15, -0.1) is 11.3 Å². The van der Waals surface area contributed by atoms with Crippen molar-refractivity contribution in [1.82, 2.24) is 9.97 Å². The molecule has 0 aliphatic rings. The van der Waals surface area contributed by atoms with Crippen LogP contribution in [0.3, 0.4) is 0 Å². The maximum Gasteiger partial charge on any atom is 0.117 e. The maximum absolute atomic E-state index is 4.30. The number of nitrogens with zero attached hydrogens (tertiary/aromatic N) is 2. The first-order chi connectivity index (χ1) is 6.34. The number of thiazole rings is 1. The molecule has 0 saturated heterocycles. The Kier molecular flexibility index (Phi) is 2.71. The monoisotopic (exact) mass is 254 g/mol. The zero-order valence-corrected chi connectivity index (χ0v) is 9.18. The summed E-state index contributed by atoms with van der Waals surface area (Å²) in [6.07, 6.45) is 2.62. The molecule has 0 aliphatic heterocycles. The minimum Gasteiger partial charge on any atom is -0.261 e. The van der Waals surface area contributed by atoms with Crippen molar-refractivity contribution in [2.24, 2.45) is 0 Å². The highest BCUT2D eigenvalue weighted by atomic mass is 79.9. The summed E-state index contributed by atoms with van der Waals surface area (Å²) < 4.78 is 0.906. The molecule has 0 fully saturated rings. The topological polar surface area (TPSA) is 25.8 Å². The molecular formula is C9H7BrN2S. The van der Waals surface area contributed by atoms with E-state index in [1.165, 1.54) is 0 Å². The van der Waals surface area contributed by atoms with Gasteiger partial charge in [0.25, 0.3) is 0 Å². The molecule has 2 rings (SSSR count). The van der Waals surface area contributed by atoms with Gasteiger partial charge in [-0.3, -0.25) is 4.98 Å². The van der Waals surface area contributed by atoms with Crippen LogP contribution in [0.5, 0.6) is 0 Å². The molecular weight excluding hydrogens is 248 g/mol. The van der Waals surface area contributed by atoms with E-state index in [9.17, 15) is 0 Å². The molecule has 2 aromatic rings. The highest BCUT2D eigenvalue weighted by molar-refractivity contribution is 9.10. The zero-order valence-electron chi connectivity index (χ0n) is 6.77. The van der Waals surface area contributed by atoms with Gasteiger partial charge >= 0.3 is 0 Å². The van der Waals surface area contributed by atoms with Crippen molar-refractivity contribution in [3.63, 3.8) is 0 Å². The molecule has 0 N–H and O–H groups in total. The Morgan fingerprint density at radius 3 is 2.92 bits per heavy atom. The van der Waals surface area contributed by atoms with Gasteiger partial charge < -0.3 is 0 Å². The molecule has 0 radical (unpaired) electrons. The van der Waals surface area contributed by atoms with Crippen LogP contribution < -0.4 is 0 Å². The Hall–Kier alpha value is -0.740. The molecule has 0 spiro atoms. The first-order valence-electron chi connectivity index (χ1n) is 3.84. The van der Waals surface area contributed by atoms with E-state index in [4.69, 9.17) is 0 Å². The highest BCUT2D eigenvalue weighted by Crippen LogP contribution is 2.16. The van der Waals surface area contributed by atoms with E-state index < -0.39 is 0 Å². The minimum absolute atomic E-state index is 0.817. The van der Waals surface area contributed by atoms with Gasteiger partial charge in [0.15, 0.2) is 0 Å². The summed E-state index contributed by atoms with van der Waals surface area (Å²) in [4.78, 5) is 8.54. The van der Waals surface area contributed by atoms with Gasteiger partial charge in [0, 0.05) is 23.7 Å². The standard InChI is InChI=1S/C9H7BrN2S/c10-8-6-13-9(12-8)5-7-3-1-2-4-11-7/h1-4,6H,5H2. The van der Waals surface area contributed by atoms with Crippen molar-refractivity contribution >= 4 is 27.3 Å². The van der Waals surface area contributed by atoms with Crippen molar-refractivity contribution in [2.45, 2.75) is 6.42 Å². The molecule has 0 atom stereocenters. The predicted octanol–water partition coefficient (Wildman–Crippen LogP) is 2.89. The molecule has 0 bridgehead atoms. The van der Waals surface area contributed by atoms with E-state index in [2.05, 4.69) is 25.9 Å². The zero-order chi connectivity index (χ0) is 9.10. The summed E-state index contributed by atoms with van der Waals surface area (Å²) in [5, 5.41) is 3.07. The molecule has 0 saturated carbocycles. The Bertz CT molecular complexity index is 386. The smallest absolute Gasteiger partial charge is 0.117 e. The van der Waals surface area contributed by atoms with Crippen molar-refractivity contribution in [3.05, 3.63) is 45.1 Å². The van der Waals surface area contributed by atoms with Crippen LogP contribution in [0.2, 0.25) is 0 Å². The van der Waals surface area contributed by atoms with Gasteiger partial charge in [-0.05, 0) is 28.1 Å². The Morgan fingerprint density at radius 2 is 2.31 bits per heavy atom. The van der Waals surface area contributed by atoms with E-state index in [-0.39, 0.29) is 0 Å². The van der Waals surface area contributed by atoms with Crippen LogP contribution in [0.1, 0.15) is 10.7 Å². The van der Waals surface area contributed by atoms with Gasteiger partial charge in [0.05, 0.1) is 5.01 Å². The average molecular weight is 255 g/mol. The predicted molar refractivity (Wildman–Crippen MR) is 56.9 cm³/mol. The van der Waals surface area contributed by atoms with Gasteiger partial charge in [-0.1, -0.05) is 6.07 Å². The lowest BCUT2D eigenvalue weighted by molar-refractivity contribution is 1.04. The van der Waals surface area contributed by atoms with E-state index in [0.717, 1.165) is 21.7 Å². The van der Waals surface area contributed by atoms with E-state index >= 15 is 0 Å². The first kappa shape index (κ1) is 8.84. The largest absolute Gasteiger partial charge is 0.261 e. The molecule has 66 valence electrons. The number of pyridine rings is 1. The fourth-order valence-corrected chi connectivity index (χ4v) is 2.31. The lowest BCUT2D eigenvalue weighted by Gasteiger charge is -1.94. The van der Waals surface area contributed by atoms with Crippen LogP contribution in [0, 0.1) is 0 Å². The minimum atomic E-state index is 0.817. The summed E-state index contributed by atoms with van der Waals surface area (Å²) in [6, 6.07) is 5.92. The van der Waals surface area contributed by atoms with Crippen LogP contribution in [0.15, 0.2) is 34.4 Å². The van der Waals surface area contributed by atoms with Gasteiger partial charge in [-0.2, -0.15) is 0 Å². The molecule has 2 nitrogen and oxygen atoms in total. The van der Waals surface area contributed by atoms with Gasteiger partial charge in [0.1, 0.15) is 4.60 Å². The summed E-state index contributed by atoms with van der Waals surface area (Å²) in [6.45, 7) is 0. The second kappa shape index (κ2) is 3.98. The van der Waals surface area contributed by atoms with Crippen molar-refractivity contribution in [3.8, 4) is 0 Å². The summed E-state index contributed by atoms with van der Waals surface area (Å²) in [7, 11) is 0. The van der Waals surface area contributed by atoms with E-state index in [0.29, 0.717) is 0 Å². The van der Waals surface area contributed by atoms with Crippen LogP contribution in [0.4, 0.5) is 0 Å². The summed E-state index contributed by atoms with van der Waals surface area (Å²) in [5.74, 6) is 0. The molecule has 13 heavy (non-hydrogen) atoms. The second-order valence-electron chi connectivity index (χ2n) is 2.56. The third-order valence-corrected chi connectivity index (χ3v) is 3.14. The summed E-state index contributed by atoms with van der Waals surface area (Å²) in [5.41, 5.74) is 1.06. The first-order valence-corrected chi connectivity index (χ1v) is 5.51. The van der Waals surface area contributed by atoms with Crippen LogP contribution in [-0.2, 0) is 6.42 Å². The van der Waals surface area contributed by atoms with Crippen molar-refractivity contribution in [1.29, 1.82) is 0 Å². The van der Waals surface area contributed by atoms with Crippen LogP contribution in [0.25, 0.3) is 0 Å². The molecule has 2 heterocycles. The molecule has 0 amide bonds. The third kappa shape index (κ3) is 2.35. The fourth-order valence-electron chi connectivity index (χ4n) is 1.03.